The van der Waals surface area contributed by atoms with Crippen LogP contribution in [0.1, 0.15) is 11.1 Å². The van der Waals surface area contributed by atoms with Crippen LogP contribution in [0.5, 0.6) is 0 Å². The number of hydrogen-bond acceptors (Lipinski definition) is 1. The number of rotatable bonds is 3. The van der Waals surface area contributed by atoms with Crippen LogP contribution < -0.4 is 0 Å². The highest BCUT2D eigenvalue weighted by molar-refractivity contribution is 5.95. The number of fused-ring (bicyclic) bond motifs is 1. The Labute approximate surface area is 169 Å². The lowest BCUT2D eigenvalue weighted by Crippen LogP contribution is -2.09. The standard InChI is InChI=1S/C21H10F8N2/c22-10-4-5-12(16(24)6-10)20-13-2-1-3-15(21(27,28)29)19(13)30-31(20)9-14-17(25)7-11(23)8-18(14)26/h1-8H,9H2. The SMILES string of the molecule is Fc1ccc(-c2c3cccc(C(F)(F)F)c3nn2Cc2c(F)cc(F)cc2F)c(F)c1. The Balaban J connectivity index is 2.02. The van der Waals surface area contributed by atoms with E-state index in [1.54, 1.807) is 0 Å². The Morgan fingerprint density at radius 2 is 1.42 bits per heavy atom. The zero-order chi connectivity index (χ0) is 22.5. The van der Waals surface area contributed by atoms with Crippen LogP contribution in [0.2, 0.25) is 0 Å². The maximum Gasteiger partial charge on any atom is 0.418 e. The van der Waals surface area contributed by atoms with Crippen molar-refractivity contribution in [3.8, 4) is 11.3 Å². The van der Waals surface area contributed by atoms with Gasteiger partial charge in [0.05, 0.1) is 17.8 Å². The van der Waals surface area contributed by atoms with Gasteiger partial charge in [-0.05, 0) is 18.2 Å². The molecule has 4 aromatic rings. The molecule has 0 saturated carbocycles. The first-order chi connectivity index (χ1) is 14.6. The van der Waals surface area contributed by atoms with Gasteiger partial charge in [-0.2, -0.15) is 18.3 Å². The number of alkyl halides is 3. The summed E-state index contributed by atoms with van der Waals surface area (Å²) in [6.07, 6.45) is -4.82. The highest BCUT2D eigenvalue weighted by atomic mass is 19.4. The Bertz CT molecular complexity index is 1280. The number of benzene rings is 3. The van der Waals surface area contributed by atoms with Crippen LogP contribution in [0, 0.1) is 29.1 Å². The molecule has 0 fully saturated rings. The quantitative estimate of drug-likeness (QED) is 0.333. The smallest absolute Gasteiger partial charge is 0.259 e. The van der Waals surface area contributed by atoms with Gasteiger partial charge in [-0.15, -0.1) is 0 Å². The lowest BCUT2D eigenvalue weighted by atomic mass is 10.0. The second kappa shape index (κ2) is 7.36. The molecule has 10 heteroatoms. The average Bonchev–Trinajstić information content (AvgIpc) is 3.01. The zero-order valence-corrected chi connectivity index (χ0v) is 15.2. The molecule has 1 heterocycles. The lowest BCUT2D eigenvalue weighted by Gasteiger charge is -2.11. The number of aromatic nitrogens is 2. The van der Waals surface area contributed by atoms with Gasteiger partial charge in [-0.1, -0.05) is 12.1 Å². The Morgan fingerprint density at radius 3 is 2.03 bits per heavy atom. The van der Waals surface area contributed by atoms with Crippen LogP contribution in [-0.2, 0) is 12.7 Å². The summed E-state index contributed by atoms with van der Waals surface area (Å²) in [7, 11) is 0. The van der Waals surface area contributed by atoms with Crippen LogP contribution >= 0.6 is 0 Å². The summed E-state index contributed by atoms with van der Waals surface area (Å²) in [5.41, 5.74) is -3.00. The monoisotopic (exact) mass is 442 g/mol. The van der Waals surface area contributed by atoms with Gasteiger partial charge < -0.3 is 0 Å². The molecule has 0 bridgehead atoms. The molecule has 0 aliphatic rings. The molecule has 2 nitrogen and oxygen atoms in total. The third-order valence-corrected chi connectivity index (χ3v) is 4.68. The fourth-order valence-corrected chi connectivity index (χ4v) is 3.33. The van der Waals surface area contributed by atoms with Gasteiger partial charge in [0, 0.05) is 34.7 Å². The zero-order valence-electron chi connectivity index (χ0n) is 15.2. The predicted octanol–water partition coefficient (Wildman–Crippen LogP) is 6.47. The first-order valence-corrected chi connectivity index (χ1v) is 8.72. The van der Waals surface area contributed by atoms with Crippen molar-refractivity contribution in [2.45, 2.75) is 12.7 Å². The van der Waals surface area contributed by atoms with E-state index >= 15 is 0 Å². The maximum absolute atomic E-state index is 14.5. The molecule has 3 aromatic carbocycles. The van der Waals surface area contributed by atoms with Crippen molar-refractivity contribution in [2.75, 3.05) is 0 Å². The topological polar surface area (TPSA) is 17.8 Å². The van der Waals surface area contributed by atoms with E-state index in [0.29, 0.717) is 18.2 Å². The van der Waals surface area contributed by atoms with Gasteiger partial charge in [0.15, 0.2) is 0 Å². The lowest BCUT2D eigenvalue weighted by molar-refractivity contribution is -0.136. The molecule has 160 valence electrons. The average molecular weight is 442 g/mol. The molecule has 0 amide bonds. The summed E-state index contributed by atoms with van der Waals surface area (Å²) in [6.45, 7) is -0.768. The molecule has 0 aliphatic heterocycles. The van der Waals surface area contributed by atoms with E-state index in [4.69, 9.17) is 0 Å². The molecule has 0 radical (unpaired) electrons. The summed E-state index contributed by atoms with van der Waals surface area (Å²) < 4.78 is 111. The van der Waals surface area contributed by atoms with Crippen molar-refractivity contribution in [3.63, 3.8) is 0 Å². The largest absolute Gasteiger partial charge is 0.418 e. The van der Waals surface area contributed by atoms with Crippen LogP contribution in [0.3, 0.4) is 0 Å². The molecule has 0 N–H and O–H groups in total. The molecule has 0 spiro atoms. The number of nitrogens with zero attached hydrogens (tertiary/aromatic N) is 2. The predicted molar refractivity (Wildman–Crippen MR) is 95.5 cm³/mol. The highest BCUT2D eigenvalue weighted by Gasteiger charge is 2.35. The fraction of sp³-hybridized carbons (Fsp3) is 0.0952. The first kappa shape index (κ1) is 20.8. The van der Waals surface area contributed by atoms with Gasteiger partial charge >= 0.3 is 6.18 Å². The molecular weight excluding hydrogens is 432 g/mol. The molecule has 0 aliphatic carbocycles. The van der Waals surface area contributed by atoms with Gasteiger partial charge in [0.2, 0.25) is 0 Å². The van der Waals surface area contributed by atoms with Crippen molar-refractivity contribution in [1.82, 2.24) is 9.78 Å². The number of hydrogen-bond donors (Lipinski definition) is 0. The van der Waals surface area contributed by atoms with Gasteiger partial charge in [-0.3, -0.25) is 4.68 Å². The van der Waals surface area contributed by atoms with Gasteiger partial charge in [0.1, 0.15) is 34.6 Å². The van der Waals surface area contributed by atoms with Gasteiger partial charge in [-0.25, -0.2) is 22.0 Å². The van der Waals surface area contributed by atoms with E-state index in [2.05, 4.69) is 5.10 Å². The minimum atomic E-state index is -4.82. The normalized spacial score (nSPS) is 12.0. The summed E-state index contributed by atoms with van der Waals surface area (Å²) >= 11 is 0. The summed E-state index contributed by atoms with van der Waals surface area (Å²) in [6, 6.07) is 6.24. The first-order valence-electron chi connectivity index (χ1n) is 8.72. The van der Waals surface area contributed by atoms with Crippen LogP contribution in [0.25, 0.3) is 22.2 Å². The van der Waals surface area contributed by atoms with Crippen LogP contribution in [-0.4, -0.2) is 9.78 Å². The maximum atomic E-state index is 14.5. The Hall–Kier alpha value is -3.43. The van der Waals surface area contributed by atoms with E-state index in [9.17, 15) is 35.1 Å². The Morgan fingerprint density at radius 1 is 0.774 bits per heavy atom. The highest BCUT2D eigenvalue weighted by Crippen LogP contribution is 2.39. The molecule has 31 heavy (non-hydrogen) atoms. The fourth-order valence-electron chi connectivity index (χ4n) is 3.33. The molecule has 0 atom stereocenters. The van der Waals surface area contributed by atoms with E-state index in [1.807, 2.05) is 0 Å². The number of halogens is 8. The van der Waals surface area contributed by atoms with E-state index in [-0.39, 0.29) is 16.6 Å². The van der Waals surface area contributed by atoms with Crippen LogP contribution in [0.15, 0.2) is 48.5 Å². The van der Waals surface area contributed by atoms with Crippen molar-refractivity contribution in [1.29, 1.82) is 0 Å². The summed E-state index contributed by atoms with van der Waals surface area (Å²) in [5.74, 6) is -5.81. The van der Waals surface area contributed by atoms with E-state index in [0.717, 1.165) is 28.9 Å². The third kappa shape index (κ3) is 3.73. The Kier molecular flexibility index (Phi) is 4.95. The third-order valence-electron chi connectivity index (χ3n) is 4.68. The minimum absolute atomic E-state index is 0.164. The molecular formula is C21H10F8N2. The molecule has 0 saturated heterocycles. The summed E-state index contributed by atoms with van der Waals surface area (Å²) in [5, 5.41) is 3.66. The minimum Gasteiger partial charge on any atom is -0.259 e. The van der Waals surface area contributed by atoms with E-state index in [1.165, 1.54) is 6.07 Å². The second-order valence-electron chi connectivity index (χ2n) is 6.68. The molecule has 1 aromatic heterocycles. The van der Waals surface area contributed by atoms with Crippen LogP contribution in [0.4, 0.5) is 35.1 Å². The van der Waals surface area contributed by atoms with Crippen molar-refractivity contribution < 1.29 is 35.1 Å². The molecule has 0 unspecified atom stereocenters. The van der Waals surface area contributed by atoms with E-state index < -0.39 is 58.5 Å². The van der Waals surface area contributed by atoms with Crippen molar-refractivity contribution >= 4 is 10.9 Å². The second-order valence-corrected chi connectivity index (χ2v) is 6.68. The van der Waals surface area contributed by atoms with Crippen molar-refractivity contribution in [2.24, 2.45) is 0 Å². The van der Waals surface area contributed by atoms with Gasteiger partial charge in [0.25, 0.3) is 0 Å². The molecule has 4 rings (SSSR count). The van der Waals surface area contributed by atoms with Crippen molar-refractivity contribution in [3.05, 3.63) is 88.7 Å². The summed E-state index contributed by atoms with van der Waals surface area (Å²) in [4.78, 5) is 0.